The van der Waals surface area contributed by atoms with Crippen LogP contribution in [0, 0.1) is 17.3 Å². The van der Waals surface area contributed by atoms with E-state index in [-0.39, 0.29) is 35.7 Å². The molecule has 178 valence electrons. The fourth-order valence-electron chi connectivity index (χ4n) is 5.98. The van der Waals surface area contributed by atoms with Crippen molar-refractivity contribution in [2.45, 2.75) is 38.2 Å². The number of amides is 1. The molecule has 1 aliphatic carbocycles. The second-order valence-electron chi connectivity index (χ2n) is 9.86. The van der Waals surface area contributed by atoms with E-state index in [1.165, 1.54) is 0 Å². The maximum Gasteiger partial charge on any atom is 0.229 e. The number of benzene rings is 2. The first-order valence-corrected chi connectivity index (χ1v) is 11.7. The van der Waals surface area contributed by atoms with Gasteiger partial charge >= 0.3 is 0 Å². The SMILES string of the molecule is COc1ccccc1C(C)C(=O)N1CC2C(C1)C(O)(c1ccccc1OC)CCC2(C)CO. The van der Waals surface area contributed by atoms with E-state index in [0.717, 1.165) is 11.1 Å². The zero-order valence-corrected chi connectivity index (χ0v) is 20.0. The Labute approximate surface area is 196 Å². The standard InChI is InChI=1S/C27H35NO5/c1-18(19-9-5-7-11-23(19)32-3)25(30)28-15-21-22(16-28)27(31,14-13-26(21,2)17-29)20-10-6-8-12-24(20)33-4/h5-12,18,21-22,29,31H,13-17H2,1-4H3. The fraction of sp³-hybridized carbons (Fsp3) is 0.519. The topological polar surface area (TPSA) is 79.2 Å². The summed E-state index contributed by atoms with van der Waals surface area (Å²) >= 11 is 0. The molecule has 1 aliphatic heterocycles. The van der Waals surface area contributed by atoms with Crippen molar-refractivity contribution >= 4 is 5.91 Å². The van der Waals surface area contributed by atoms with Crippen LogP contribution in [-0.4, -0.2) is 54.9 Å². The van der Waals surface area contributed by atoms with Crippen LogP contribution in [0.15, 0.2) is 48.5 Å². The van der Waals surface area contributed by atoms with E-state index in [1.807, 2.05) is 60.4 Å². The van der Waals surface area contributed by atoms with E-state index in [1.54, 1.807) is 14.2 Å². The van der Waals surface area contributed by atoms with Crippen molar-refractivity contribution in [3.05, 3.63) is 59.7 Å². The maximum absolute atomic E-state index is 13.6. The first-order valence-electron chi connectivity index (χ1n) is 11.7. The highest BCUT2D eigenvalue weighted by molar-refractivity contribution is 5.84. The van der Waals surface area contributed by atoms with E-state index < -0.39 is 5.60 Å². The lowest BCUT2D eigenvalue weighted by Crippen LogP contribution is -2.51. The minimum absolute atomic E-state index is 0.0107. The number of likely N-dealkylation sites (tertiary alicyclic amines) is 1. The number of nitrogens with zero attached hydrogens (tertiary/aromatic N) is 1. The van der Waals surface area contributed by atoms with Crippen molar-refractivity contribution < 1.29 is 24.5 Å². The van der Waals surface area contributed by atoms with Gasteiger partial charge in [0.15, 0.2) is 0 Å². The summed E-state index contributed by atoms with van der Waals surface area (Å²) in [4.78, 5) is 15.5. The van der Waals surface area contributed by atoms with Crippen molar-refractivity contribution in [1.29, 1.82) is 0 Å². The molecular weight excluding hydrogens is 418 g/mol. The van der Waals surface area contributed by atoms with Gasteiger partial charge in [-0.2, -0.15) is 0 Å². The number of aliphatic hydroxyl groups is 2. The molecule has 6 heteroatoms. The summed E-state index contributed by atoms with van der Waals surface area (Å²) < 4.78 is 11.1. The molecule has 5 unspecified atom stereocenters. The highest BCUT2D eigenvalue weighted by atomic mass is 16.5. The lowest BCUT2D eigenvalue weighted by Gasteiger charge is -2.50. The highest BCUT2D eigenvalue weighted by Crippen LogP contribution is 2.57. The number of hydrogen-bond donors (Lipinski definition) is 2. The lowest BCUT2D eigenvalue weighted by molar-refractivity contribution is -0.132. The molecule has 1 amide bonds. The van der Waals surface area contributed by atoms with Crippen LogP contribution < -0.4 is 9.47 Å². The number of hydrogen-bond acceptors (Lipinski definition) is 5. The zero-order valence-electron chi connectivity index (χ0n) is 20.0. The second-order valence-corrected chi connectivity index (χ2v) is 9.86. The molecule has 1 saturated carbocycles. The number of aliphatic hydroxyl groups excluding tert-OH is 1. The number of carbonyl (C=O) groups is 1. The molecule has 0 bridgehead atoms. The van der Waals surface area contributed by atoms with E-state index in [4.69, 9.17) is 9.47 Å². The Bertz CT molecular complexity index is 1010. The van der Waals surface area contributed by atoms with E-state index in [2.05, 4.69) is 6.92 Å². The molecule has 4 rings (SSSR count). The number of rotatable bonds is 6. The fourth-order valence-corrected chi connectivity index (χ4v) is 5.98. The first kappa shape index (κ1) is 23.6. The molecule has 0 spiro atoms. The van der Waals surface area contributed by atoms with Gasteiger partial charge in [-0.05, 0) is 43.2 Å². The van der Waals surface area contributed by atoms with Gasteiger partial charge in [-0.15, -0.1) is 0 Å². The molecular formula is C27H35NO5. The molecule has 5 atom stereocenters. The summed E-state index contributed by atoms with van der Waals surface area (Å²) in [5, 5.41) is 22.4. The summed E-state index contributed by atoms with van der Waals surface area (Å²) in [5.74, 6) is 0.755. The number of ether oxygens (including phenoxy) is 2. The Hall–Kier alpha value is -2.57. The van der Waals surface area contributed by atoms with Crippen LogP contribution in [0.25, 0.3) is 0 Å². The van der Waals surface area contributed by atoms with Gasteiger partial charge in [-0.3, -0.25) is 4.79 Å². The minimum Gasteiger partial charge on any atom is -0.496 e. The molecule has 6 nitrogen and oxygen atoms in total. The Morgan fingerprint density at radius 1 is 1.03 bits per heavy atom. The van der Waals surface area contributed by atoms with Crippen molar-refractivity contribution in [3.63, 3.8) is 0 Å². The number of carbonyl (C=O) groups excluding carboxylic acids is 1. The van der Waals surface area contributed by atoms with Gasteiger partial charge in [0, 0.05) is 36.7 Å². The smallest absolute Gasteiger partial charge is 0.229 e. The van der Waals surface area contributed by atoms with Crippen LogP contribution in [0.5, 0.6) is 11.5 Å². The van der Waals surface area contributed by atoms with E-state index >= 15 is 0 Å². The predicted octanol–water partition coefficient (Wildman–Crippen LogP) is 3.56. The van der Waals surface area contributed by atoms with E-state index in [9.17, 15) is 15.0 Å². The second kappa shape index (κ2) is 8.99. The molecule has 2 aromatic rings. The van der Waals surface area contributed by atoms with Gasteiger partial charge in [0.2, 0.25) is 5.91 Å². The molecule has 2 fully saturated rings. The maximum atomic E-state index is 13.6. The molecule has 2 N–H and O–H groups in total. The molecule has 2 aromatic carbocycles. The molecule has 33 heavy (non-hydrogen) atoms. The average Bonchev–Trinajstić information content (AvgIpc) is 3.33. The lowest BCUT2D eigenvalue weighted by atomic mass is 9.57. The van der Waals surface area contributed by atoms with Gasteiger partial charge in [-0.25, -0.2) is 0 Å². The van der Waals surface area contributed by atoms with Crippen molar-refractivity contribution in [1.82, 2.24) is 4.90 Å². The normalized spacial score (nSPS) is 29.9. The highest BCUT2D eigenvalue weighted by Gasteiger charge is 2.58. The first-order chi connectivity index (χ1) is 15.8. The van der Waals surface area contributed by atoms with Crippen LogP contribution >= 0.6 is 0 Å². The molecule has 0 radical (unpaired) electrons. The Balaban J connectivity index is 1.68. The summed E-state index contributed by atoms with van der Waals surface area (Å²) in [6.45, 7) is 4.95. The Morgan fingerprint density at radius 2 is 1.64 bits per heavy atom. The third kappa shape index (κ3) is 3.89. The van der Waals surface area contributed by atoms with Crippen molar-refractivity contribution in [2.24, 2.45) is 17.3 Å². The van der Waals surface area contributed by atoms with Crippen LogP contribution in [0.4, 0.5) is 0 Å². The molecule has 0 aromatic heterocycles. The van der Waals surface area contributed by atoms with Crippen LogP contribution in [0.2, 0.25) is 0 Å². The van der Waals surface area contributed by atoms with Crippen molar-refractivity contribution in [3.8, 4) is 11.5 Å². The van der Waals surface area contributed by atoms with Crippen LogP contribution in [-0.2, 0) is 10.4 Å². The Kier molecular flexibility index (Phi) is 6.43. The summed E-state index contributed by atoms with van der Waals surface area (Å²) in [6, 6.07) is 15.2. The summed E-state index contributed by atoms with van der Waals surface area (Å²) in [6.07, 6.45) is 1.18. The monoisotopic (exact) mass is 453 g/mol. The zero-order chi connectivity index (χ0) is 23.8. The number of fused-ring (bicyclic) bond motifs is 1. The van der Waals surface area contributed by atoms with Crippen LogP contribution in [0.1, 0.15) is 43.7 Å². The largest absolute Gasteiger partial charge is 0.496 e. The quantitative estimate of drug-likeness (QED) is 0.699. The Morgan fingerprint density at radius 3 is 2.30 bits per heavy atom. The van der Waals surface area contributed by atoms with Gasteiger partial charge in [0.05, 0.1) is 25.7 Å². The summed E-state index contributed by atoms with van der Waals surface area (Å²) in [5.41, 5.74) is 0.121. The van der Waals surface area contributed by atoms with Crippen molar-refractivity contribution in [2.75, 3.05) is 33.9 Å². The third-order valence-electron chi connectivity index (χ3n) is 8.13. The molecule has 1 heterocycles. The average molecular weight is 454 g/mol. The third-order valence-corrected chi connectivity index (χ3v) is 8.13. The molecule has 1 saturated heterocycles. The van der Waals surface area contributed by atoms with E-state index in [0.29, 0.717) is 37.4 Å². The van der Waals surface area contributed by atoms with Gasteiger partial charge in [0.25, 0.3) is 0 Å². The van der Waals surface area contributed by atoms with Gasteiger partial charge in [0.1, 0.15) is 11.5 Å². The predicted molar refractivity (Wildman–Crippen MR) is 126 cm³/mol. The van der Waals surface area contributed by atoms with Crippen LogP contribution in [0.3, 0.4) is 0 Å². The number of para-hydroxylation sites is 2. The number of methoxy groups -OCH3 is 2. The summed E-state index contributed by atoms with van der Waals surface area (Å²) in [7, 11) is 3.22. The van der Waals surface area contributed by atoms with Gasteiger partial charge < -0.3 is 24.6 Å². The van der Waals surface area contributed by atoms with Gasteiger partial charge in [-0.1, -0.05) is 43.3 Å². The minimum atomic E-state index is -1.13. The molecule has 2 aliphatic rings.